The van der Waals surface area contributed by atoms with E-state index in [0.29, 0.717) is 12.6 Å². The summed E-state index contributed by atoms with van der Waals surface area (Å²) in [6.07, 6.45) is 14.3. The first kappa shape index (κ1) is 24.2. The normalized spacial score (nSPS) is 16.8. The van der Waals surface area contributed by atoms with Crippen LogP contribution in [0.4, 0.5) is 5.82 Å². The fraction of sp³-hybridized carbons (Fsp3) is 0.655. The van der Waals surface area contributed by atoms with Crippen molar-refractivity contribution in [3.8, 4) is 11.3 Å². The Morgan fingerprint density at radius 3 is 2.67 bits per heavy atom. The van der Waals surface area contributed by atoms with Crippen LogP contribution in [0.3, 0.4) is 0 Å². The number of hydrogen-bond donors (Lipinski definition) is 1. The van der Waals surface area contributed by atoms with Crippen LogP contribution in [0.25, 0.3) is 11.3 Å². The summed E-state index contributed by atoms with van der Waals surface area (Å²) in [6, 6.07) is 7.46. The molecule has 4 rings (SSSR count). The minimum absolute atomic E-state index is 0.470. The zero-order valence-corrected chi connectivity index (χ0v) is 21.1. The number of fused-ring (bicyclic) bond motifs is 3. The number of nitrogens with zero attached hydrogens (tertiary/aromatic N) is 2. The van der Waals surface area contributed by atoms with Gasteiger partial charge in [-0.05, 0) is 74.0 Å². The van der Waals surface area contributed by atoms with Gasteiger partial charge >= 0.3 is 0 Å². The lowest BCUT2D eigenvalue weighted by molar-refractivity contribution is 0.119. The zero-order chi connectivity index (χ0) is 23.0. The highest BCUT2D eigenvalue weighted by molar-refractivity contribution is 5.71. The van der Waals surface area contributed by atoms with Crippen LogP contribution in [0.1, 0.15) is 113 Å². The number of nitrogens with one attached hydrogen (secondary N) is 1. The van der Waals surface area contributed by atoms with Crippen molar-refractivity contribution in [1.82, 2.24) is 10.2 Å². The molecule has 180 valence electrons. The molecule has 1 aromatic heterocycles. The van der Waals surface area contributed by atoms with E-state index in [0.717, 1.165) is 49.7 Å². The molecule has 1 saturated carbocycles. The Kier molecular flexibility index (Phi) is 8.77. The minimum atomic E-state index is 0.470. The van der Waals surface area contributed by atoms with Gasteiger partial charge in [-0.3, -0.25) is 0 Å². The standard InChI is InChI=1S/C29H43N3O/c1-4-7-9-11-24(6-3)30-29-27(12-8-5-2)26-13-10-18-33-20-23-19-22(21-14-15-21)16-17-25(23)28(26)31-32-29/h16-17,19,21,24H,4-15,18,20H2,1-3H3,(H,30,32). The molecule has 0 bridgehead atoms. The minimum Gasteiger partial charge on any atom is -0.377 e. The van der Waals surface area contributed by atoms with Crippen LogP contribution in [-0.2, 0) is 24.2 Å². The first-order valence-electron chi connectivity index (χ1n) is 13.6. The van der Waals surface area contributed by atoms with Crippen LogP contribution >= 0.6 is 0 Å². The third kappa shape index (κ3) is 6.15. The fourth-order valence-electron chi connectivity index (χ4n) is 5.11. The number of benzene rings is 1. The molecule has 0 radical (unpaired) electrons. The van der Waals surface area contributed by atoms with Crippen LogP contribution in [0.2, 0.25) is 0 Å². The van der Waals surface area contributed by atoms with Crippen molar-refractivity contribution in [2.75, 3.05) is 11.9 Å². The summed E-state index contributed by atoms with van der Waals surface area (Å²) in [5.41, 5.74) is 7.86. The van der Waals surface area contributed by atoms with Crippen molar-refractivity contribution in [3.63, 3.8) is 0 Å². The highest BCUT2D eigenvalue weighted by atomic mass is 16.5. The SMILES string of the molecule is CCCCCC(CC)Nc1nnc2c(c1CCCC)CCCOCc1cc(C3CC3)ccc1-2. The van der Waals surface area contributed by atoms with E-state index in [9.17, 15) is 0 Å². The molecule has 0 spiro atoms. The van der Waals surface area contributed by atoms with Gasteiger partial charge in [0.05, 0.1) is 12.3 Å². The third-order valence-corrected chi connectivity index (χ3v) is 7.36. The van der Waals surface area contributed by atoms with Crippen molar-refractivity contribution in [2.45, 2.75) is 116 Å². The molecule has 2 aromatic rings. The largest absolute Gasteiger partial charge is 0.377 e. The lowest BCUT2D eigenvalue weighted by Gasteiger charge is -2.22. The van der Waals surface area contributed by atoms with E-state index in [2.05, 4.69) is 44.3 Å². The van der Waals surface area contributed by atoms with Gasteiger partial charge in [0.1, 0.15) is 0 Å². The summed E-state index contributed by atoms with van der Waals surface area (Å²) < 4.78 is 6.09. The predicted octanol–water partition coefficient (Wildman–Crippen LogP) is 7.60. The zero-order valence-electron chi connectivity index (χ0n) is 21.1. The second-order valence-corrected chi connectivity index (χ2v) is 10.1. The molecule has 1 unspecified atom stereocenters. The van der Waals surface area contributed by atoms with Crippen molar-refractivity contribution in [2.24, 2.45) is 0 Å². The molecule has 2 aliphatic rings. The summed E-state index contributed by atoms with van der Waals surface area (Å²) in [5.74, 6) is 1.78. The van der Waals surface area contributed by atoms with Gasteiger partial charge in [0, 0.05) is 23.8 Å². The van der Waals surface area contributed by atoms with E-state index in [-0.39, 0.29) is 0 Å². The second-order valence-electron chi connectivity index (χ2n) is 10.1. The Hall–Kier alpha value is -1.94. The molecule has 1 aromatic carbocycles. The van der Waals surface area contributed by atoms with Crippen LogP contribution in [-0.4, -0.2) is 22.8 Å². The van der Waals surface area contributed by atoms with E-state index >= 15 is 0 Å². The van der Waals surface area contributed by atoms with E-state index in [1.54, 1.807) is 0 Å². The van der Waals surface area contributed by atoms with Gasteiger partial charge in [0.15, 0.2) is 5.82 Å². The van der Waals surface area contributed by atoms with Gasteiger partial charge in [-0.15, -0.1) is 10.2 Å². The van der Waals surface area contributed by atoms with Crippen LogP contribution in [0.5, 0.6) is 0 Å². The molecule has 1 aliphatic carbocycles. The highest BCUT2D eigenvalue weighted by Crippen LogP contribution is 2.42. The number of ether oxygens (including phenoxy) is 1. The molecular formula is C29H43N3O. The smallest absolute Gasteiger partial charge is 0.152 e. The molecule has 0 saturated heterocycles. The van der Waals surface area contributed by atoms with Gasteiger partial charge in [0.2, 0.25) is 0 Å². The topological polar surface area (TPSA) is 47.0 Å². The van der Waals surface area contributed by atoms with Crippen molar-refractivity contribution in [1.29, 1.82) is 0 Å². The van der Waals surface area contributed by atoms with Gasteiger partial charge in [0.25, 0.3) is 0 Å². The summed E-state index contributed by atoms with van der Waals surface area (Å²) in [4.78, 5) is 0. The maximum absolute atomic E-state index is 6.09. The Balaban J connectivity index is 1.71. The monoisotopic (exact) mass is 449 g/mol. The van der Waals surface area contributed by atoms with Gasteiger partial charge in [-0.25, -0.2) is 0 Å². The summed E-state index contributed by atoms with van der Waals surface area (Å²) in [5, 5.41) is 13.5. The summed E-state index contributed by atoms with van der Waals surface area (Å²) in [7, 11) is 0. The number of hydrogen-bond acceptors (Lipinski definition) is 4. The van der Waals surface area contributed by atoms with E-state index in [4.69, 9.17) is 14.9 Å². The molecule has 1 fully saturated rings. The molecular weight excluding hydrogens is 406 g/mol. The molecule has 33 heavy (non-hydrogen) atoms. The van der Waals surface area contributed by atoms with E-state index in [1.165, 1.54) is 79.2 Å². The van der Waals surface area contributed by atoms with E-state index in [1.807, 2.05) is 0 Å². The number of unbranched alkanes of at least 4 members (excludes halogenated alkanes) is 3. The number of rotatable bonds is 11. The highest BCUT2D eigenvalue weighted by Gasteiger charge is 2.26. The van der Waals surface area contributed by atoms with Crippen molar-refractivity contribution in [3.05, 3.63) is 40.5 Å². The third-order valence-electron chi connectivity index (χ3n) is 7.36. The maximum atomic E-state index is 6.09. The Bertz CT molecular complexity index is 906. The van der Waals surface area contributed by atoms with Crippen molar-refractivity contribution >= 4 is 5.82 Å². The van der Waals surface area contributed by atoms with Crippen LogP contribution in [0.15, 0.2) is 18.2 Å². The quantitative estimate of drug-likeness (QED) is 0.359. The van der Waals surface area contributed by atoms with Gasteiger partial charge < -0.3 is 10.1 Å². The first-order valence-corrected chi connectivity index (χ1v) is 13.6. The van der Waals surface area contributed by atoms with Crippen LogP contribution < -0.4 is 5.32 Å². The van der Waals surface area contributed by atoms with Crippen LogP contribution in [0, 0.1) is 0 Å². The molecule has 4 nitrogen and oxygen atoms in total. The molecule has 1 aliphatic heterocycles. The van der Waals surface area contributed by atoms with E-state index < -0.39 is 0 Å². The fourth-order valence-corrected chi connectivity index (χ4v) is 5.11. The summed E-state index contributed by atoms with van der Waals surface area (Å²) >= 11 is 0. The van der Waals surface area contributed by atoms with Crippen molar-refractivity contribution < 1.29 is 4.74 Å². The number of anilines is 1. The predicted molar refractivity (Wildman–Crippen MR) is 138 cm³/mol. The summed E-state index contributed by atoms with van der Waals surface area (Å²) in [6.45, 7) is 8.32. The maximum Gasteiger partial charge on any atom is 0.152 e. The second kappa shape index (κ2) is 12.0. The molecule has 2 heterocycles. The molecule has 1 atom stereocenters. The Labute approximate surface area is 200 Å². The lowest BCUT2D eigenvalue weighted by atomic mass is 9.92. The molecule has 1 N–H and O–H groups in total. The van der Waals surface area contributed by atoms with Gasteiger partial charge in [-0.2, -0.15) is 0 Å². The molecule has 4 heteroatoms. The molecule has 0 amide bonds. The number of aromatic nitrogens is 2. The van der Waals surface area contributed by atoms with Gasteiger partial charge in [-0.1, -0.05) is 64.7 Å². The average Bonchev–Trinajstić information content (AvgIpc) is 3.67. The first-order chi connectivity index (χ1) is 16.2. The Morgan fingerprint density at radius 2 is 1.91 bits per heavy atom. The lowest BCUT2D eigenvalue weighted by Crippen LogP contribution is -2.21. The average molecular weight is 450 g/mol. The Morgan fingerprint density at radius 1 is 1.06 bits per heavy atom.